The number of ether oxygens (including phenoxy) is 1. The van der Waals surface area contributed by atoms with Gasteiger partial charge >= 0.3 is 5.97 Å². The summed E-state index contributed by atoms with van der Waals surface area (Å²) in [5.74, 6) is 0.413. The molecule has 86 valence electrons. The first-order valence-electron chi connectivity index (χ1n) is 5.58. The van der Waals surface area contributed by atoms with Crippen LogP contribution in [0.4, 0.5) is 0 Å². The third-order valence-corrected chi connectivity index (χ3v) is 2.20. The third kappa shape index (κ3) is 7.98. The lowest BCUT2D eigenvalue weighted by atomic mass is 10.0. The Morgan fingerprint density at radius 1 is 1.47 bits per heavy atom. The van der Waals surface area contributed by atoms with Crippen LogP contribution in [-0.4, -0.2) is 5.97 Å². The highest BCUT2D eigenvalue weighted by atomic mass is 16.5. The minimum absolute atomic E-state index is 0.171. The smallest absolute Gasteiger partial charge is 0.310 e. The molecule has 0 rings (SSSR count). The molecule has 0 amide bonds. The summed E-state index contributed by atoms with van der Waals surface area (Å²) in [4.78, 5) is 10.9. The molecule has 0 aliphatic rings. The maximum Gasteiger partial charge on any atom is 0.310 e. The molecule has 0 aliphatic heterocycles. The maximum absolute atomic E-state index is 10.9. The molecule has 0 heterocycles. The zero-order valence-electron chi connectivity index (χ0n) is 10.2. The van der Waals surface area contributed by atoms with Crippen molar-refractivity contribution in [3.8, 4) is 0 Å². The number of rotatable bonds is 6. The number of hydrogen-bond donors (Lipinski definition) is 0. The molecule has 0 bridgehead atoms. The van der Waals surface area contributed by atoms with E-state index in [-0.39, 0.29) is 5.97 Å². The van der Waals surface area contributed by atoms with Crippen molar-refractivity contribution in [3.05, 3.63) is 24.0 Å². The average Bonchev–Trinajstić information content (AvgIpc) is 2.23. The van der Waals surface area contributed by atoms with Gasteiger partial charge in [-0.3, -0.25) is 4.79 Å². The molecular weight excluding hydrogens is 188 g/mol. The molecule has 1 atom stereocenters. The summed E-state index contributed by atoms with van der Waals surface area (Å²) in [6, 6.07) is 0. The first-order chi connectivity index (χ1) is 7.10. The van der Waals surface area contributed by atoms with E-state index in [1.165, 1.54) is 0 Å². The van der Waals surface area contributed by atoms with Gasteiger partial charge in [-0.15, -0.1) is 0 Å². The molecule has 0 aromatic rings. The SMILES string of the molecule is C/C=C/C(C)CC/C(C)=C/OC(=O)CC. The first-order valence-corrected chi connectivity index (χ1v) is 5.58. The van der Waals surface area contributed by atoms with Gasteiger partial charge in [0, 0.05) is 6.42 Å². The van der Waals surface area contributed by atoms with Crippen molar-refractivity contribution in [1.29, 1.82) is 0 Å². The van der Waals surface area contributed by atoms with Crippen molar-refractivity contribution < 1.29 is 9.53 Å². The molecule has 0 aliphatic carbocycles. The number of carbonyl (C=O) groups is 1. The fraction of sp³-hybridized carbons (Fsp3) is 0.615. The van der Waals surface area contributed by atoms with Gasteiger partial charge in [-0.25, -0.2) is 0 Å². The average molecular weight is 210 g/mol. The number of allylic oxidation sites excluding steroid dienone is 3. The highest BCUT2D eigenvalue weighted by Crippen LogP contribution is 2.12. The van der Waals surface area contributed by atoms with Gasteiger partial charge in [-0.1, -0.05) is 26.0 Å². The summed E-state index contributed by atoms with van der Waals surface area (Å²) >= 11 is 0. The molecule has 0 fully saturated rings. The van der Waals surface area contributed by atoms with Crippen molar-refractivity contribution in [2.45, 2.75) is 47.0 Å². The van der Waals surface area contributed by atoms with Crippen molar-refractivity contribution in [3.63, 3.8) is 0 Å². The fourth-order valence-corrected chi connectivity index (χ4v) is 1.19. The third-order valence-electron chi connectivity index (χ3n) is 2.20. The van der Waals surface area contributed by atoms with E-state index in [1.807, 2.05) is 13.8 Å². The standard InChI is InChI=1S/C13H22O2/c1-5-7-11(3)8-9-12(4)10-15-13(14)6-2/h5,7,10-11H,6,8-9H2,1-4H3/b7-5+,12-10+. The second-order valence-electron chi connectivity index (χ2n) is 3.85. The highest BCUT2D eigenvalue weighted by molar-refractivity contribution is 5.69. The van der Waals surface area contributed by atoms with Gasteiger partial charge < -0.3 is 4.74 Å². The van der Waals surface area contributed by atoms with Crippen LogP contribution in [0.25, 0.3) is 0 Å². The van der Waals surface area contributed by atoms with Crippen LogP contribution in [0.2, 0.25) is 0 Å². The summed E-state index contributed by atoms with van der Waals surface area (Å²) in [5, 5.41) is 0. The topological polar surface area (TPSA) is 26.3 Å². The van der Waals surface area contributed by atoms with E-state index in [2.05, 4.69) is 19.1 Å². The van der Waals surface area contributed by atoms with E-state index in [1.54, 1.807) is 13.2 Å². The second-order valence-corrected chi connectivity index (χ2v) is 3.85. The van der Waals surface area contributed by atoms with E-state index >= 15 is 0 Å². The maximum atomic E-state index is 10.9. The molecular formula is C13H22O2. The molecule has 0 radical (unpaired) electrons. The van der Waals surface area contributed by atoms with Crippen LogP contribution >= 0.6 is 0 Å². The molecule has 2 heteroatoms. The lowest BCUT2D eigenvalue weighted by Crippen LogP contribution is -1.97. The normalized spacial score (nSPS) is 14.3. The first kappa shape index (κ1) is 13.9. The molecule has 15 heavy (non-hydrogen) atoms. The predicted octanol–water partition coefficient (Wildman–Crippen LogP) is 3.84. The summed E-state index contributed by atoms with van der Waals surface area (Å²) < 4.78 is 4.93. The molecule has 0 aromatic carbocycles. The van der Waals surface area contributed by atoms with Gasteiger partial charge in [0.05, 0.1) is 6.26 Å². The van der Waals surface area contributed by atoms with E-state index in [4.69, 9.17) is 4.74 Å². The Kier molecular flexibility index (Phi) is 7.69. The van der Waals surface area contributed by atoms with E-state index < -0.39 is 0 Å². The summed E-state index contributed by atoms with van der Waals surface area (Å²) in [6.07, 6.45) is 8.33. The summed E-state index contributed by atoms with van der Waals surface area (Å²) in [5.41, 5.74) is 1.12. The Morgan fingerprint density at radius 2 is 2.13 bits per heavy atom. The highest BCUT2D eigenvalue weighted by Gasteiger charge is 1.99. The summed E-state index contributed by atoms with van der Waals surface area (Å²) in [7, 11) is 0. The van der Waals surface area contributed by atoms with Crippen LogP contribution in [0.5, 0.6) is 0 Å². The van der Waals surface area contributed by atoms with Crippen molar-refractivity contribution >= 4 is 5.97 Å². The number of esters is 1. The number of hydrogen-bond acceptors (Lipinski definition) is 2. The lowest BCUT2D eigenvalue weighted by Gasteiger charge is -2.06. The van der Waals surface area contributed by atoms with Gasteiger partial charge in [0.2, 0.25) is 0 Å². The largest absolute Gasteiger partial charge is 0.435 e. The van der Waals surface area contributed by atoms with E-state index in [9.17, 15) is 4.79 Å². The monoisotopic (exact) mass is 210 g/mol. The van der Waals surface area contributed by atoms with Crippen molar-refractivity contribution in [2.75, 3.05) is 0 Å². The van der Waals surface area contributed by atoms with Gasteiger partial charge in [-0.05, 0) is 38.2 Å². The van der Waals surface area contributed by atoms with Crippen LogP contribution in [0.3, 0.4) is 0 Å². The quantitative estimate of drug-likeness (QED) is 0.378. The van der Waals surface area contributed by atoms with Crippen LogP contribution in [0.1, 0.15) is 47.0 Å². The second kappa shape index (κ2) is 8.27. The molecule has 1 unspecified atom stereocenters. The van der Waals surface area contributed by atoms with Crippen LogP contribution in [-0.2, 0) is 9.53 Å². The van der Waals surface area contributed by atoms with Crippen molar-refractivity contribution in [1.82, 2.24) is 0 Å². The molecule has 0 saturated heterocycles. The lowest BCUT2D eigenvalue weighted by molar-refractivity contribution is -0.137. The van der Waals surface area contributed by atoms with Crippen molar-refractivity contribution in [2.24, 2.45) is 5.92 Å². The molecule has 0 N–H and O–H groups in total. The Bertz CT molecular complexity index is 239. The Hall–Kier alpha value is -1.05. The minimum atomic E-state index is -0.171. The zero-order chi connectivity index (χ0) is 11.7. The minimum Gasteiger partial charge on any atom is -0.435 e. The van der Waals surface area contributed by atoms with E-state index in [0.29, 0.717) is 12.3 Å². The fourth-order valence-electron chi connectivity index (χ4n) is 1.19. The molecule has 0 saturated carbocycles. The molecule has 2 nitrogen and oxygen atoms in total. The van der Waals surface area contributed by atoms with Gasteiger partial charge in [0.15, 0.2) is 0 Å². The number of carbonyl (C=O) groups excluding carboxylic acids is 1. The predicted molar refractivity (Wildman–Crippen MR) is 63.4 cm³/mol. The Morgan fingerprint density at radius 3 is 2.67 bits per heavy atom. The summed E-state index contributed by atoms with van der Waals surface area (Å²) in [6.45, 7) is 8.00. The van der Waals surface area contributed by atoms with Gasteiger partial charge in [0.1, 0.15) is 0 Å². The molecule has 0 aromatic heterocycles. The zero-order valence-corrected chi connectivity index (χ0v) is 10.2. The van der Waals surface area contributed by atoms with Crippen LogP contribution in [0.15, 0.2) is 24.0 Å². The van der Waals surface area contributed by atoms with Gasteiger partial charge in [0.25, 0.3) is 0 Å². The van der Waals surface area contributed by atoms with Crippen LogP contribution in [0, 0.1) is 5.92 Å². The van der Waals surface area contributed by atoms with Crippen LogP contribution < -0.4 is 0 Å². The Balaban J connectivity index is 3.82. The van der Waals surface area contributed by atoms with E-state index in [0.717, 1.165) is 18.4 Å². The molecule has 0 spiro atoms. The Labute approximate surface area is 93.0 Å². The van der Waals surface area contributed by atoms with Gasteiger partial charge in [-0.2, -0.15) is 0 Å².